The van der Waals surface area contributed by atoms with Crippen LogP contribution in [0.25, 0.3) is 11.4 Å². The summed E-state index contributed by atoms with van der Waals surface area (Å²) in [5.74, 6) is 2.19. The second-order valence-corrected chi connectivity index (χ2v) is 9.14. The molecule has 6 nitrogen and oxygen atoms in total. The van der Waals surface area contributed by atoms with Gasteiger partial charge in [0, 0.05) is 16.8 Å². The average molecular weight is 423 g/mol. The molecule has 0 unspecified atom stereocenters. The van der Waals surface area contributed by atoms with Crippen molar-refractivity contribution in [2.24, 2.45) is 0 Å². The van der Waals surface area contributed by atoms with Crippen molar-refractivity contribution < 1.29 is 9.53 Å². The highest BCUT2D eigenvalue weighted by Gasteiger charge is 2.40. The lowest BCUT2D eigenvalue weighted by Gasteiger charge is -2.46. The highest BCUT2D eigenvalue weighted by atomic mass is 32.2. The summed E-state index contributed by atoms with van der Waals surface area (Å²) >= 11 is 1.35. The van der Waals surface area contributed by atoms with E-state index in [0.717, 1.165) is 29.0 Å². The quantitative estimate of drug-likeness (QED) is 0.593. The normalized spacial score (nSPS) is 17.5. The fourth-order valence-corrected chi connectivity index (χ4v) is 4.88. The molecule has 0 bridgehead atoms. The molecule has 1 aromatic heterocycles. The van der Waals surface area contributed by atoms with Crippen LogP contribution in [0.5, 0.6) is 5.75 Å². The molecule has 4 rings (SSSR count). The van der Waals surface area contributed by atoms with Gasteiger partial charge in [-0.3, -0.25) is 9.89 Å². The van der Waals surface area contributed by atoms with Crippen molar-refractivity contribution in [3.63, 3.8) is 0 Å². The number of carbonyl (C=O) groups excluding carboxylic acids is 1. The molecule has 7 heteroatoms. The van der Waals surface area contributed by atoms with E-state index in [0.29, 0.717) is 16.9 Å². The summed E-state index contributed by atoms with van der Waals surface area (Å²) in [5.41, 5.74) is 2.81. The van der Waals surface area contributed by atoms with Crippen LogP contribution < -0.4 is 9.64 Å². The van der Waals surface area contributed by atoms with Gasteiger partial charge in [-0.15, -0.1) is 5.10 Å². The molecule has 0 radical (unpaired) electrons. The predicted octanol–water partition coefficient (Wildman–Crippen LogP) is 4.89. The zero-order valence-electron chi connectivity index (χ0n) is 17.7. The van der Waals surface area contributed by atoms with Crippen LogP contribution in [0.1, 0.15) is 38.7 Å². The summed E-state index contributed by atoms with van der Waals surface area (Å²) in [7, 11) is 1.67. The minimum absolute atomic E-state index is 0.0503. The summed E-state index contributed by atoms with van der Waals surface area (Å²) < 4.78 is 5.39. The number of thioether (sulfide) groups is 1. The zero-order chi connectivity index (χ0) is 21.3. The minimum atomic E-state index is -0.271. The number of methoxy groups -OCH3 is 1. The number of hydrogen-bond acceptors (Lipinski definition) is 5. The number of H-pyrrole nitrogens is 1. The summed E-state index contributed by atoms with van der Waals surface area (Å²) in [6.07, 6.45) is 0.891. The van der Waals surface area contributed by atoms with Gasteiger partial charge in [-0.1, -0.05) is 49.0 Å². The summed E-state index contributed by atoms with van der Waals surface area (Å²) in [4.78, 5) is 19.7. The average Bonchev–Trinajstić information content (AvgIpc) is 3.21. The van der Waals surface area contributed by atoms with Crippen molar-refractivity contribution in [2.45, 2.75) is 43.8 Å². The topological polar surface area (TPSA) is 71.1 Å². The molecule has 3 aromatic rings. The van der Waals surface area contributed by atoms with Gasteiger partial charge in [-0.05, 0) is 49.9 Å². The van der Waals surface area contributed by atoms with Gasteiger partial charge in [0.2, 0.25) is 11.1 Å². The number of hydrogen-bond donors (Lipinski definition) is 1. The maximum absolute atomic E-state index is 13.3. The first kappa shape index (κ1) is 20.5. The van der Waals surface area contributed by atoms with Crippen molar-refractivity contribution in [3.8, 4) is 17.1 Å². The molecule has 2 heterocycles. The number of ether oxygens (including phenoxy) is 1. The Hall–Kier alpha value is -2.80. The second kappa shape index (κ2) is 8.14. The number of fused-ring (bicyclic) bond motifs is 1. The lowest BCUT2D eigenvalue weighted by atomic mass is 9.80. The Morgan fingerprint density at radius 1 is 1.27 bits per heavy atom. The number of aromatic nitrogens is 3. The lowest BCUT2D eigenvalue weighted by Crippen LogP contribution is -2.52. The molecule has 156 valence electrons. The van der Waals surface area contributed by atoms with Gasteiger partial charge in [-0.2, -0.15) is 0 Å². The van der Waals surface area contributed by atoms with E-state index < -0.39 is 0 Å². The van der Waals surface area contributed by atoms with Gasteiger partial charge in [0.15, 0.2) is 5.82 Å². The smallest absolute Gasteiger partial charge is 0.237 e. The second-order valence-electron chi connectivity index (χ2n) is 8.19. The van der Waals surface area contributed by atoms with E-state index >= 15 is 0 Å². The van der Waals surface area contributed by atoms with Gasteiger partial charge >= 0.3 is 0 Å². The van der Waals surface area contributed by atoms with Crippen LogP contribution in [0.15, 0.2) is 53.7 Å². The van der Waals surface area contributed by atoms with Crippen molar-refractivity contribution in [1.29, 1.82) is 0 Å². The van der Waals surface area contributed by atoms with Crippen molar-refractivity contribution in [1.82, 2.24) is 15.2 Å². The van der Waals surface area contributed by atoms with Crippen LogP contribution >= 0.6 is 11.8 Å². The third-order valence-corrected chi connectivity index (χ3v) is 6.34. The number of nitrogens with zero attached hydrogens (tertiary/aromatic N) is 3. The van der Waals surface area contributed by atoms with Crippen LogP contribution in [0.2, 0.25) is 0 Å². The van der Waals surface area contributed by atoms with Gasteiger partial charge < -0.3 is 9.64 Å². The molecular formula is C23H26N4O2S. The van der Waals surface area contributed by atoms with Crippen molar-refractivity contribution >= 4 is 23.4 Å². The van der Waals surface area contributed by atoms with Crippen LogP contribution in [0.4, 0.5) is 5.69 Å². The summed E-state index contributed by atoms with van der Waals surface area (Å²) in [5, 5.41) is 7.79. The molecule has 1 amide bonds. The number of aromatic amines is 1. The Balaban J connectivity index is 1.53. The fraction of sp³-hybridized carbons (Fsp3) is 0.348. The highest BCUT2D eigenvalue weighted by molar-refractivity contribution is 7.99. The molecule has 1 aliphatic heterocycles. The third kappa shape index (κ3) is 3.94. The molecular weight excluding hydrogens is 396 g/mol. The SMILES string of the molecule is COc1ccc2c(c1)[C@@H](C)CC(C)(C)N2C(=O)CSc1n[nH]c(-c2ccccc2)n1. The van der Waals surface area contributed by atoms with E-state index in [1.165, 1.54) is 11.8 Å². The molecule has 0 fully saturated rings. The molecule has 0 aliphatic carbocycles. The first-order chi connectivity index (χ1) is 14.4. The largest absolute Gasteiger partial charge is 0.497 e. The van der Waals surface area contributed by atoms with E-state index in [4.69, 9.17) is 4.74 Å². The molecule has 0 spiro atoms. The number of anilines is 1. The molecule has 30 heavy (non-hydrogen) atoms. The van der Waals surface area contributed by atoms with Gasteiger partial charge in [0.05, 0.1) is 12.9 Å². The number of amides is 1. The maximum atomic E-state index is 13.3. The number of rotatable bonds is 5. The van der Waals surface area contributed by atoms with E-state index in [1.54, 1.807) is 7.11 Å². The molecule has 1 N–H and O–H groups in total. The molecule has 0 saturated heterocycles. The summed E-state index contributed by atoms with van der Waals surface area (Å²) in [6.45, 7) is 6.45. The Morgan fingerprint density at radius 2 is 2.03 bits per heavy atom. The van der Waals surface area contributed by atoms with E-state index in [2.05, 4.69) is 36.0 Å². The van der Waals surface area contributed by atoms with Gasteiger partial charge in [0.1, 0.15) is 5.75 Å². The Bertz CT molecular complexity index is 1050. The maximum Gasteiger partial charge on any atom is 0.237 e. The molecule has 1 atom stereocenters. The summed E-state index contributed by atoms with van der Waals surface area (Å²) in [6, 6.07) is 15.8. The molecule has 2 aromatic carbocycles. The van der Waals surface area contributed by atoms with E-state index in [-0.39, 0.29) is 17.2 Å². The Morgan fingerprint density at radius 3 is 2.77 bits per heavy atom. The van der Waals surface area contributed by atoms with Crippen LogP contribution in [0, 0.1) is 0 Å². The highest BCUT2D eigenvalue weighted by Crippen LogP contribution is 2.44. The van der Waals surface area contributed by atoms with Gasteiger partial charge in [0.25, 0.3) is 0 Å². The fourth-order valence-electron chi connectivity index (χ4n) is 4.23. The Kier molecular flexibility index (Phi) is 5.56. The predicted molar refractivity (Wildman–Crippen MR) is 120 cm³/mol. The van der Waals surface area contributed by atoms with Crippen molar-refractivity contribution in [3.05, 3.63) is 54.1 Å². The molecule has 0 saturated carbocycles. The van der Waals surface area contributed by atoms with Crippen LogP contribution in [0.3, 0.4) is 0 Å². The number of benzene rings is 2. The standard InChI is InChI=1S/C23H26N4O2S/c1-15-13-23(2,3)27(19-11-10-17(29-4)12-18(15)19)20(28)14-30-22-24-21(25-26-22)16-8-6-5-7-9-16/h5-12,15H,13-14H2,1-4H3,(H,24,25,26)/t15-/m0/s1. The number of carbonyl (C=O) groups is 1. The van der Waals surface area contributed by atoms with E-state index in [9.17, 15) is 4.79 Å². The lowest BCUT2D eigenvalue weighted by molar-refractivity contribution is -0.117. The first-order valence-corrected chi connectivity index (χ1v) is 11.0. The zero-order valence-corrected chi connectivity index (χ0v) is 18.5. The minimum Gasteiger partial charge on any atom is -0.497 e. The van der Waals surface area contributed by atoms with Crippen LogP contribution in [-0.4, -0.2) is 39.5 Å². The van der Waals surface area contributed by atoms with Gasteiger partial charge in [-0.25, -0.2) is 4.98 Å². The first-order valence-electron chi connectivity index (χ1n) is 10.0. The van der Waals surface area contributed by atoms with E-state index in [1.807, 2.05) is 53.4 Å². The van der Waals surface area contributed by atoms with Crippen molar-refractivity contribution in [2.75, 3.05) is 17.8 Å². The monoisotopic (exact) mass is 422 g/mol. The molecule has 1 aliphatic rings. The third-order valence-electron chi connectivity index (χ3n) is 5.50. The number of nitrogens with one attached hydrogen (secondary N) is 1. The van der Waals surface area contributed by atoms with Crippen LogP contribution in [-0.2, 0) is 4.79 Å². The Labute approximate surface area is 181 Å².